The van der Waals surface area contributed by atoms with Crippen molar-refractivity contribution in [2.45, 2.75) is 0 Å². The summed E-state index contributed by atoms with van der Waals surface area (Å²) in [6.07, 6.45) is -1.10. The molecule has 0 fully saturated rings. The Morgan fingerprint density at radius 2 is 2.31 bits per heavy atom. The van der Waals surface area contributed by atoms with Crippen molar-refractivity contribution in [3.05, 3.63) is 22.7 Å². The van der Waals surface area contributed by atoms with Gasteiger partial charge in [-0.2, -0.15) is 0 Å². The van der Waals surface area contributed by atoms with Crippen LogP contribution in [0.4, 0.5) is 10.5 Å². The summed E-state index contributed by atoms with van der Waals surface area (Å²) < 4.78 is 5.61. The smallest absolute Gasteiger partial charge is 0.409 e. The summed E-state index contributed by atoms with van der Waals surface area (Å²) in [4.78, 5) is 10.3. The lowest BCUT2D eigenvalue weighted by atomic mass is 10.3. The number of nitrogens with one attached hydrogen (secondary N) is 1. The van der Waals surface area contributed by atoms with Gasteiger partial charge >= 0.3 is 6.09 Å². The fourth-order valence-corrected chi connectivity index (χ4v) is 1.19. The molecule has 0 radical (unpaired) electrons. The van der Waals surface area contributed by atoms with E-state index in [0.717, 1.165) is 0 Å². The molecule has 0 heterocycles. The monoisotopic (exact) mass is 245 g/mol. The topological polar surface area (TPSA) is 58.6 Å². The molecule has 0 aromatic heterocycles. The van der Waals surface area contributed by atoms with E-state index in [9.17, 15) is 4.79 Å². The van der Waals surface area contributed by atoms with Crippen LogP contribution in [0.1, 0.15) is 0 Å². The highest BCUT2D eigenvalue weighted by molar-refractivity contribution is 9.10. The number of carboxylic acid groups (broad SMARTS) is 1. The summed E-state index contributed by atoms with van der Waals surface area (Å²) in [5.41, 5.74) is 0.465. The maximum Gasteiger partial charge on any atom is 0.409 e. The Bertz CT molecular complexity index is 327. The first-order valence-electron chi connectivity index (χ1n) is 3.47. The van der Waals surface area contributed by atoms with Crippen LogP contribution >= 0.6 is 15.9 Å². The molecule has 0 bridgehead atoms. The van der Waals surface area contributed by atoms with Gasteiger partial charge in [0.05, 0.1) is 12.8 Å². The van der Waals surface area contributed by atoms with Gasteiger partial charge < -0.3 is 9.84 Å². The van der Waals surface area contributed by atoms with Crippen molar-refractivity contribution >= 4 is 27.7 Å². The third kappa shape index (κ3) is 2.62. The minimum absolute atomic E-state index is 0.465. The number of hydrogen-bond acceptors (Lipinski definition) is 2. The maximum absolute atomic E-state index is 10.3. The molecule has 0 atom stereocenters. The first-order valence-corrected chi connectivity index (χ1v) is 4.26. The van der Waals surface area contributed by atoms with Gasteiger partial charge in [0.25, 0.3) is 0 Å². The van der Waals surface area contributed by atoms with E-state index in [1.54, 1.807) is 18.2 Å². The molecule has 5 heteroatoms. The Kier molecular flexibility index (Phi) is 3.13. The van der Waals surface area contributed by atoms with Gasteiger partial charge in [0, 0.05) is 10.5 Å². The molecule has 0 saturated heterocycles. The van der Waals surface area contributed by atoms with Crippen molar-refractivity contribution in [1.29, 1.82) is 0 Å². The summed E-state index contributed by atoms with van der Waals surface area (Å²) in [6.45, 7) is 0. The Morgan fingerprint density at radius 3 is 2.85 bits per heavy atom. The molecule has 13 heavy (non-hydrogen) atoms. The molecule has 1 aromatic rings. The molecule has 1 amide bonds. The zero-order valence-corrected chi connectivity index (χ0v) is 8.46. The fourth-order valence-electron chi connectivity index (χ4n) is 0.842. The summed E-state index contributed by atoms with van der Waals surface area (Å²) in [5.74, 6) is 0.604. The number of carbonyl (C=O) groups is 1. The number of halogens is 1. The Morgan fingerprint density at radius 1 is 1.62 bits per heavy atom. The van der Waals surface area contributed by atoms with Gasteiger partial charge in [0.2, 0.25) is 0 Å². The molecule has 1 aromatic carbocycles. The van der Waals surface area contributed by atoms with Gasteiger partial charge in [-0.1, -0.05) is 0 Å². The van der Waals surface area contributed by atoms with Crippen molar-refractivity contribution in [2.24, 2.45) is 0 Å². The number of amides is 1. The molecule has 0 aliphatic heterocycles. The van der Waals surface area contributed by atoms with Crippen molar-refractivity contribution in [2.75, 3.05) is 12.4 Å². The average molecular weight is 246 g/mol. The van der Waals surface area contributed by atoms with Gasteiger partial charge in [0.15, 0.2) is 0 Å². The van der Waals surface area contributed by atoms with Crippen LogP contribution in [-0.2, 0) is 0 Å². The highest BCUT2D eigenvalue weighted by Gasteiger charge is 2.04. The van der Waals surface area contributed by atoms with E-state index in [0.29, 0.717) is 15.9 Å². The third-order valence-corrected chi connectivity index (χ3v) is 2.11. The number of anilines is 1. The Hall–Kier alpha value is -1.23. The zero-order valence-electron chi connectivity index (χ0n) is 6.87. The quantitative estimate of drug-likeness (QED) is 0.842. The number of benzene rings is 1. The van der Waals surface area contributed by atoms with Crippen LogP contribution in [0.15, 0.2) is 22.7 Å². The predicted molar refractivity (Wildman–Crippen MR) is 52.3 cm³/mol. The van der Waals surface area contributed by atoms with Crippen LogP contribution in [0, 0.1) is 0 Å². The minimum atomic E-state index is -1.10. The molecule has 0 aliphatic carbocycles. The predicted octanol–water partition coefficient (Wildman–Crippen LogP) is 2.55. The molecule has 0 spiro atoms. The second-order valence-electron chi connectivity index (χ2n) is 2.28. The summed E-state index contributed by atoms with van der Waals surface area (Å²) in [7, 11) is 1.52. The van der Waals surface area contributed by atoms with Gasteiger partial charge in [0.1, 0.15) is 5.75 Å². The van der Waals surface area contributed by atoms with Crippen LogP contribution in [-0.4, -0.2) is 18.3 Å². The maximum atomic E-state index is 10.3. The first kappa shape index (κ1) is 9.85. The van der Waals surface area contributed by atoms with E-state index in [2.05, 4.69) is 21.2 Å². The highest BCUT2D eigenvalue weighted by atomic mass is 79.9. The second kappa shape index (κ2) is 4.13. The van der Waals surface area contributed by atoms with E-state index >= 15 is 0 Å². The highest BCUT2D eigenvalue weighted by Crippen LogP contribution is 2.26. The van der Waals surface area contributed by atoms with Crippen LogP contribution in [0.3, 0.4) is 0 Å². The standard InChI is InChI=1S/C8H8BrNO3/c1-13-5-2-3-6(9)7(4-5)10-8(11)12/h2-4,10H,1H3,(H,11,12). The normalized spacial score (nSPS) is 9.38. The molecular weight excluding hydrogens is 238 g/mol. The average Bonchev–Trinajstić information content (AvgIpc) is 2.08. The number of methoxy groups -OCH3 is 1. The molecule has 0 saturated carbocycles. The molecule has 1 rings (SSSR count). The van der Waals surface area contributed by atoms with Gasteiger partial charge in [-0.3, -0.25) is 5.32 Å². The van der Waals surface area contributed by atoms with E-state index < -0.39 is 6.09 Å². The first-order chi connectivity index (χ1) is 6.13. The zero-order chi connectivity index (χ0) is 9.84. The number of ether oxygens (including phenoxy) is 1. The SMILES string of the molecule is COc1ccc(Br)c(NC(=O)O)c1. The van der Waals surface area contributed by atoms with Crippen molar-refractivity contribution < 1.29 is 14.6 Å². The van der Waals surface area contributed by atoms with Crippen LogP contribution in [0.5, 0.6) is 5.75 Å². The Labute approximate surface area is 83.6 Å². The lowest BCUT2D eigenvalue weighted by Gasteiger charge is -2.05. The molecule has 0 unspecified atom stereocenters. The summed E-state index contributed by atoms with van der Waals surface area (Å²) in [5, 5.41) is 10.7. The van der Waals surface area contributed by atoms with Gasteiger partial charge in [-0.05, 0) is 28.1 Å². The molecular formula is C8H8BrNO3. The molecule has 4 nitrogen and oxygen atoms in total. The third-order valence-electron chi connectivity index (χ3n) is 1.42. The number of hydrogen-bond donors (Lipinski definition) is 2. The van der Waals surface area contributed by atoms with E-state index in [1.807, 2.05) is 0 Å². The largest absolute Gasteiger partial charge is 0.497 e. The summed E-state index contributed by atoms with van der Waals surface area (Å²) in [6, 6.07) is 5.04. The van der Waals surface area contributed by atoms with Gasteiger partial charge in [-0.25, -0.2) is 4.79 Å². The van der Waals surface area contributed by atoms with Crippen molar-refractivity contribution in [1.82, 2.24) is 0 Å². The van der Waals surface area contributed by atoms with Crippen LogP contribution < -0.4 is 10.1 Å². The van der Waals surface area contributed by atoms with Crippen LogP contribution in [0.2, 0.25) is 0 Å². The Balaban J connectivity index is 2.96. The van der Waals surface area contributed by atoms with Crippen molar-refractivity contribution in [3.8, 4) is 5.75 Å². The van der Waals surface area contributed by atoms with E-state index in [-0.39, 0.29) is 0 Å². The lowest BCUT2D eigenvalue weighted by molar-refractivity contribution is 0.209. The van der Waals surface area contributed by atoms with Crippen LogP contribution in [0.25, 0.3) is 0 Å². The number of rotatable bonds is 2. The minimum Gasteiger partial charge on any atom is -0.497 e. The summed E-state index contributed by atoms with van der Waals surface area (Å²) >= 11 is 3.21. The second-order valence-corrected chi connectivity index (χ2v) is 3.13. The van der Waals surface area contributed by atoms with Crippen molar-refractivity contribution in [3.63, 3.8) is 0 Å². The van der Waals surface area contributed by atoms with Gasteiger partial charge in [-0.15, -0.1) is 0 Å². The van der Waals surface area contributed by atoms with E-state index in [1.165, 1.54) is 7.11 Å². The molecule has 70 valence electrons. The van der Waals surface area contributed by atoms with E-state index in [4.69, 9.17) is 9.84 Å². The molecule has 0 aliphatic rings. The fraction of sp³-hybridized carbons (Fsp3) is 0.125. The molecule has 2 N–H and O–H groups in total. The lowest BCUT2D eigenvalue weighted by Crippen LogP contribution is -2.07.